The van der Waals surface area contributed by atoms with E-state index in [1.165, 1.54) is 26.2 Å². The lowest BCUT2D eigenvalue weighted by atomic mass is 10.00. The molecule has 1 aliphatic heterocycles. The highest BCUT2D eigenvalue weighted by Gasteiger charge is 2.43. The van der Waals surface area contributed by atoms with E-state index in [0.717, 1.165) is 10.9 Å². The maximum Gasteiger partial charge on any atom is 0.408 e. The second kappa shape index (κ2) is 10.6. The van der Waals surface area contributed by atoms with Gasteiger partial charge in [0.05, 0.1) is 12.1 Å². The van der Waals surface area contributed by atoms with Gasteiger partial charge in [-0.25, -0.2) is 9.18 Å². The van der Waals surface area contributed by atoms with E-state index >= 15 is 0 Å². The summed E-state index contributed by atoms with van der Waals surface area (Å²) in [5, 5.41) is 3.46. The van der Waals surface area contributed by atoms with Crippen molar-refractivity contribution in [1.29, 1.82) is 0 Å². The van der Waals surface area contributed by atoms with Crippen molar-refractivity contribution in [2.75, 3.05) is 13.7 Å². The summed E-state index contributed by atoms with van der Waals surface area (Å²) in [7, 11) is 1.45. The molecule has 0 radical (unpaired) electrons. The Morgan fingerprint density at radius 3 is 2.63 bits per heavy atom. The summed E-state index contributed by atoms with van der Waals surface area (Å²) in [4.78, 5) is 42.6. The number of aromatic amines is 1. The molecular formula is C25H34FN3O6. The molecule has 1 fully saturated rings. The molecule has 1 aromatic carbocycles. The van der Waals surface area contributed by atoms with Crippen molar-refractivity contribution in [3.8, 4) is 0 Å². The number of benzene rings is 1. The molecule has 10 heteroatoms. The summed E-state index contributed by atoms with van der Waals surface area (Å²) >= 11 is 0. The number of carbonyl (C=O) groups is 3. The number of halogens is 1. The van der Waals surface area contributed by atoms with E-state index in [1.807, 2.05) is 0 Å². The number of nitrogens with zero attached hydrogens (tertiary/aromatic N) is 1. The zero-order valence-electron chi connectivity index (χ0n) is 21.0. The molecule has 2 amide bonds. The molecule has 0 bridgehead atoms. The summed E-state index contributed by atoms with van der Waals surface area (Å²) in [6.07, 6.45) is 0.694. The van der Waals surface area contributed by atoms with Crippen LogP contribution in [0.1, 0.15) is 46.6 Å². The molecule has 4 atom stereocenters. The van der Waals surface area contributed by atoms with E-state index in [0.29, 0.717) is 24.9 Å². The van der Waals surface area contributed by atoms with Crippen molar-refractivity contribution >= 4 is 28.9 Å². The minimum atomic E-state index is -1.01. The molecule has 1 aliphatic rings. The van der Waals surface area contributed by atoms with Gasteiger partial charge in [0.2, 0.25) is 5.91 Å². The lowest BCUT2D eigenvalue weighted by molar-refractivity contribution is -0.150. The van der Waals surface area contributed by atoms with Crippen molar-refractivity contribution in [2.45, 2.75) is 77.4 Å². The topological polar surface area (TPSA) is 110 Å². The van der Waals surface area contributed by atoms with E-state index in [9.17, 15) is 18.8 Å². The molecule has 1 aromatic heterocycles. The Balaban J connectivity index is 1.88. The van der Waals surface area contributed by atoms with Gasteiger partial charge in [-0.1, -0.05) is 0 Å². The van der Waals surface area contributed by atoms with Gasteiger partial charge in [-0.2, -0.15) is 0 Å². The molecule has 9 nitrogen and oxygen atoms in total. The van der Waals surface area contributed by atoms with Crippen LogP contribution in [0.4, 0.5) is 9.18 Å². The number of alkyl carbamates (subject to hydrolysis) is 1. The first-order chi connectivity index (χ1) is 16.4. The Kier molecular flexibility index (Phi) is 8.04. The van der Waals surface area contributed by atoms with Crippen LogP contribution in [0.15, 0.2) is 24.4 Å². The quantitative estimate of drug-likeness (QED) is 0.575. The number of hydrogen-bond acceptors (Lipinski definition) is 6. The second-order valence-corrected chi connectivity index (χ2v) is 9.81. The summed E-state index contributed by atoms with van der Waals surface area (Å²) in [5.74, 6) is -1.16. The fourth-order valence-corrected chi connectivity index (χ4v) is 4.37. The Bertz CT molecular complexity index is 1080. The summed E-state index contributed by atoms with van der Waals surface area (Å²) in [5.41, 5.74) is 0.759. The number of likely N-dealkylation sites (tertiary alicyclic amines) is 1. The molecule has 0 saturated carbocycles. The third-order valence-corrected chi connectivity index (χ3v) is 6.02. The van der Waals surface area contributed by atoms with Gasteiger partial charge in [-0.3, -0.25) is 9.59 Å². The predicted molar refractivity (Wildman–Crippen MR) is 127 cm³/mol. The molecule has 0 unspecified atom stereocenters. The number of amides is 2. The van der Waals surface area contributed by atoms with E-state index in [1.54, 1.807) is 44.9 Å². The number of carbonyl (C=O) groups excluding carboxylic acids is 3. The molecule has 2 aromatic rings. The fourth-order valence-electron chi connectivity index (χ4n) is 4.37. The number of esters is 1. The summed E-state index contributed by atoms with van der Waals surface area (Å²) in [6, 6.07) is 2.97. The normalized spacial score (nSPS) is 19.9. The summed E-state index contributed by atoms with van der Waals surface area (Å²) in [6.45, 7) is 8.54. The van der Waals surface area contributed by atoms with Crippen LogP contribution in [0.3, 0.4) is 0 Å². The standard InChI is InChI=1S/C25H34FN3O6/c1-14(33-6)22(28-24(32)35-25(3,4)5)23(31)29-10-9-21(34-15(2)30)20(29)11-16-13-27-19-12-17(26)7-8-18(16)19/h7-8,12-14,20-22,27H,9-11H2,1-6H3,(H,28,32)/t14-,20-,21+,22+/m1/s1. The maximum absolute atomic E-state index is 13.7. The number of methoxy groups -OCH3 is 1. The van der Waals surface area contributed by atoms with Crippen LogP contribution in [0.2, 0.25) is 0 Å². The van der Waals surface area contributed by atoms with Gasteiger partial charge in [0.15, 0.2) is 0 Å². The molecular weight excluding hydrogens is 457 g/mol. The van der Waals surface area contributed by atoms with Crippen molar-refractivity contribution in [3.05, 3.63) is 35.8 Å². The van der Waals surface area contributed by atoms with Crippen molar-refractivity contribution in [2.24, 2.45) is 0 Å². The number of H-pyrrole nitrogens is 1. The lowest BCUT2D eigenvalue weighted by Gasteiger charge is -2.33. The van der Waals surface area contributed by atoms with Gasteiger partial charge in [0.25, 0.3) is 0 Å². The highest BCUT2D eigenvalue weighted by molar-refractivity contribution is 5.87. The first kappa shape index (κ1) is 26.5. The fraction of sp³-hybridized carbons (Fsp3) is 0.560. The second-order valence-electron chi connectivity index (χ2n) is 9.81. The number of ether oxygens (including phenoxy) is 3. The SMILES string of the molecule is CO[C@H](C)[C@H](NC(=O)OC(C)(C)C)C(=O)N1CC[C@H](OC(C)=O)[C@H]1Cc1c[nH]c2cc(F)ccc12. The largest absolute Gasteiger partial charge is 0.460 e. The van der Waals surface area contributed by atoms with Crippen LogP contribution in [0, 0.1) is 5.82 Å². The Morgan fingerprint density at radius 1 is 1.29 bits per heavy atom. The highest BCUT2D eigenvalue weighted by Crippen LogP contribution is 2.29. The van der Waals surface area contributed by atoms with Crippen LogP contribution in [-0.2, 0) is 30.2 Å². The number of rotatable bonds is 7. The van der Waals surface area contributed by atoms with Crippen LogP contribution < -0.4 is 5.32 Å². The Morgan fingerprint density at radius 2 is 2.00 bits per heavy atom. The van der Waals surface area contributed by atoms with Crippen LogP contribution in [-0.4, -0.2) is 71.4 Å². The smallest absolute Gasteiger partial charge is 0.408 e. The third kappa shape index (κ3) is 6.50. The summed E-state index contributed by atoms with van der Waals surface area (Å²) < 4.78 is 29.9. The van der Waals surface area contributed by atoms with Gasteiger partial charge < -0.3 is 29.4 Å². The monoisotopic (exact) mass is 491 g/mol. The predicted octanol–water partition coefficient (Wildman–Crippen LogP) is 3.31. The molecule has 0 spiro atoms. The molecule has 1 saturated heterocycles. The zero-order valence-corrected chi connectivity index (χ0v) is 21.0. The number of hydrogen-bond donors (Lipinski definition) is 2. The van der Waals surface area contributed by atoms with Gasteiger partial charge in [-0.15, -0.1) is 0 Å². The molecule has 192 valence electrons. The van der Waals surface area contributed by atoms with Gasteiger partial charge >= 0.3 is 12.1 Å². The van der Waals surface area contributed by atoms with Gasteiger partial charge in [0, 0.05) is 44.1 Å². The lowest BCUT2D eigenvalue weighted by Crippen LogP contribution is -2.57. The highest BCUT2D eigenvalue weighted by atomic mass is 19.1. The Labute approximate surface area is 204 Å². The average Bonchev–Trinajstić information content (AvgIpc) is 3.33. The average molecular weight is 492 g/mol. The Hall–Kier alpha value is -3.14. The number of fused-ring (bicyclic) bond motifs is 1. The van der Waals surface area contributed by atoms with Crippen LogP contribution >= 0.6 is 0 Å². The maximum atomic E-state index is 13.7. The van der Waals surface area contributed by atoms with E-state index in [4.69, 9.17) is 14.2 Å². The van der Waals surface area contributed by atoms with Crippen molar-refractivity contribution in [3.63, 3.8) is 0 Å². The van der Waals surface area contributed by atoms with Crippen LogP contribution in [0.25, 0.3) is 10.9 Å². The molecule has 2 N–H and O–H groups in total. The number of aromatic nitrogens is 1. The zero-order chi connectivity index (χ0) is 25.9. The van der Waals surface area contributed by atoms with E-state index in [-0.39, 0.29) is 11.7 Å². The minimum absolute atomic E-state index is 0.335. The van der Waals surface area contributed by atoms with Gasteiger partial charge in [-0.05, 0) is 57.9 Å². The van der Waals surface area contributed by atoms with E-state index in [2.05, 4.69) is 10.3 Å². The third-order valence-electron chi connectivity index (χ3n) is 6.02. The molecule has 2 heterocycles. The van der Waals surface area contributed by atoms with Crippen molar-refractivity contribution < 1.29 is 33.0 Å². The first-order valence-electron chi connectivity index (χ1n) is 11.6. The van der Waals surface area contributed by atoms with Crippen LogP contribution in [0.5, 0.6) is 0 Å². The van der Waals surface area contributed by atoms with E-state index < -0.39 is 42.0 Å². The molecule has 3 rings (SSSR count). The van der Waals surface area contributed by atoms with Crippen molar-refractivity contribution in [1.82, 2.24) is 15.2 Å². The van der Waals surface area contributed by atoms with Gasteiger partial charge in [0.1, 0.15) is 23.6 Å². The first-order valence-corrected chi connectivity index (χ1v) is 11.6. The number of nitrogens with one attached hydrogen (secondary N) is 2. The minimum Gasteiger partial charge on any atom is -0.460 e. The molecule has 0 aliphatic carbocycles. The molecule has 35 heavy (non-hydrogen) atoms.